The molecule has 5 unspecified atom stereocenters. The summed E-state index contributed by atoms with van der Waals surface area (Å²) in [5.41, 5.74) is 0.472. The molecule has 2 bridgehead atoms. The Bertz CT molecular complexity index is 959. The second-order valence-corrected chi connectivity index (χ2v) is 11.2. The van der Waals surface area contributed by atoms with Crippen molar-refractivity contribution in [1.82, 2.24) is 0 Å². The van der Waals surface area contributed by atoms with Gasteiger partial charge in [0.25, 0.3) is 0 Å². The molecular weight excluding hydrogens is 495 g/mol. The van der Waals surface area contributed by atoms with Gasteiger partial charge in [-0.05, 0) is 43.5 Å². The van der Waals surface area contributed by atoms with Crippen molar-refractivity contribution in [2.75, 3.05) is 6.61 Å². The second kappa shape index (κ2) is 8.21. The smallest absolute Gasteiger partial charge is 0.357 e. The first-order chi connectivity index (χ1) is 14.6. The van der Waals surface area contributed by atoms with E-state index in [0.717, 1.165) is 22.8 Å². The van der Waals surface area contributed by atoms with E-state index < -0.39 is 21.2 Å². The van der Waals surface area contributed by atoms with Crippen LogP contribution in [0.4, 0.5) is 0 Å². The van der Waals surface area contributed by atoms with Crippen molar-refractivity contribution in [3.8, 4) is 5.75 Å². The molecular formula is C24H24IO5+. The van der Waals surface area contributed by atoms with E-state index >= 15 is 0 Å². The fraction of sp³-hybridized carbons (Fsp3) is 0.417. The minimum Gasteiger partial charge on any atom is -0.493 e. The predicted molar refractivity (Wildman–Crippen MR) is 105 cm³/mol. The Morgan fingerprint density at radius 3 is 2.77 bits per heavy atom. The molecule has 0 spiro atoms. The van der Waals surface area contributed by atoms with Crippen LogP contribution in [0.5, 0.6) is 5.75 Å². The molecule has 6 heteroatoms. The van der Waals surface area contributed by atoms with E-state index in [4.69, 9.17) is 14.2 Å². The van der Waals surface area contributed by atoms with Gasteiger partial charge in [-0.15, -0.1) is 0 Å². The molecule has 3 aliphatic rings. The van der Waals surface area contributed by atoms with Crippen LogP contribution in [0.25, 0.3) is 0 Å². The third-order valence-electron chi connectivity index (χ3n) is 6.23. The van der Waals surface area contributed by atoms with Crippen molar-refractivity contribution >= 4 is 11.9 Å². The van der Waals surface area contributed by atoms with Gasteiger partial charge in [-0.25, -0.2) is 4.79 Å². The fourth-order valence-corrected chi connectivity index (χ4v) is 7.23. The SMILES string of the molecule is CCCOc1ccc([I+]c2ccccc2)cc1C(=O)OC1C2CC3C(=O)OC1C3C2. The van der Waals surface area contributed by atoms with Crippen molar-refractivity contribution in [2.45, 2.75) is 38.4 Å². The van der Waals surface area contributed by atoms with Crippen LogP contribution in [0, 0.1) is 24.9 Å². The zero-order chi connectivity index (χ0) is 20.7. The Kier molecular flexibility index (Phi) is 5.43. The average molecular weight is 519 g/mol. The van der Waals surface area contributed by atoms with Gasteiger partial charge in [0.1, 0.15) is 23.5 Å². The number of hydrogen-bond donors (Lipinski definition) is 0. The lowest BCUT2D eigenvalue weighted by atomic mass is 9.88. The Balaban J connectivity index is 1.37. The van der Waals surface area contributed by atoms with Gasteiger partial charge in [0.2, 0.25) is 0 Å². The van der Waals surface area contributed by atoms with Crippen LogP contribution in [0.1, 0.15) is 36.5 Å². The van der Waals surface area contributed by atoms with Crippen molar-refractivity contribution in [3.05, 3.63) is 61.2 Å². The largest absolute Gasteiger partial charge is 0.493 e. The number of hydrogen-bond acceptors (Lipinski definition) is 5. The quantitative estimate of drug-likeness (QED) is 0.399. The molecule has 2 aliphatic carbocycles. The molecule has 0 aromatic heterocycles. The van der Waals surface area contributed by atoms with Gasteiger partial charge >= 0.3 is 33.1 Å². The molecule has 1 heterocycles. The minimum atomic E-state index is -0.406. The van der Waals surface area contributed by atoms with Crippen LogP contribution >= 0.6 is 0 Å². The molecule has 5 nitrogen and oxygen atoms in total. The second-order valence-electron chi connectivity index (χ2n) is 8.15. The number of esters is 2. The molecule has 2 aromatic rings. The Morgan fingerprint density at radius 2 is 1.97 bits per heavy atom. The number of rotatable bonds is 7. The molecule has 2 saturated carbocycles. The fourth-order valence-electron chi connectivity index (χ4n) is 4.91. The van der Waals surface area contributed by atoms with Gasteiger partial charge in [0.05, 0.1) is 12.5 Å². The van der Waals surface area contributed by atoms with Crippen LogP contribution < -0.4 is 25.9 Å². The van der Waals surface area contributed by atoms with E-state index in [0.29, 0.717) is 17.9 Å². The van der Waals surface area contributed by atoms with Gasteiger partial charge in [-0.3, -0.25) is 4.79 Å². The summed E-state index contributed by atoms with van der Waals surface area (Å²) in [6.45, 7) is 2.58. The minimum absolute atomic E-state index is 0.0114. The summed E-state index contributed by atoms with van der Waals surface area (Å²) in [4.78, 5) is 25.2. The maximum Gasteiger partial charge on any atom is 0.357 e. The first kappa shape index (κ1) is 19.8. The maximum absolute atomic E-state index is 13.2. The average Bonchev–Trinajstić information content (AvgIpc) is 3.39. The van der Waals surface area contributed by atoms with E-state index in [1.165, 1.54) is 3.57 Å². The van der Waals surface area contributed by atoms with Crippen molar-refractivity contribution < 1.29 is 45.0 Å². The zero-order valence-electron chi connectivity index (χ0n) is 16.8. The molecule has 1 aliphatic heterocycles. The highest BCUT2D eigenvalue weighted by Crippen LogP contribution is 2.55. The molecule has 3 fully saturated rings. The lowest BCUT2D eigenvalue weighted by molar-refractivity contribution is -0.597. The molecule has 5 atom stereocenters. The van der Waals surface area contributed by atoms with Gasteiger partial charge in [0, 0.05) is 17.9 Å². The van der Waals surface area contributed by atoms with Gasteiger partial charge in [0.15, 0.2) is 7.14 Å². The highest BCUT2D eigenvalue weighted by Gasteiger charge is 2.63. The van der Waals surface area contributed by atoms with Crippen molar-refractivity contribution in [3.63, 3.8) is 0 Å². The van der Waals surface area contributed by atoms with Gasteiger partial charge < -0.3 is 14.2 Å². The standard InChI is InChI=1S/C24H24IO5/c1-2-10-28-20-9-8-16(25-15-6-4-3-5-7-15)13-19(20)24(27)29-21-14-11-17-18(12-14)23(26)30-22(17)21/h3-9,13-14,17-18,21-22H,2,10-12H2,1H3/q+1. The Hall–Kier alpha value is -2.09. The van der Waals surface area contributed by atoms with Crippen LogP contribution in [0.2, 0.25) is 0 Å². The first-order valence-corrected chi connectivity index (χ1v) is 12.7. The lowest BCUT2D eigenvalue weighted by Crippen LogP contribution is -3.61. The lowest BCUT2D eigenvalue weighted by Gasteiger charge is -2.25. The summed E-state index contributed by atoms with van der Waals surface area (Å²) in [6.07, 6.45) is 1.94. The molecule has 1 saturated heterocycles. The van der Waals surface area contributed by atoms with Crippen LogP contribution in [0.3, 0.4) is 0 Å². The highest BCUT2D eigenvalue weighted by atomic mass is 127. The highest BCUT2D eigenvalue weighted by molar-refractivity contribution is 5.92. The first-order valence-electron chi connectivity index (χ1n) is 10.5. The molecule has 156 valence electrons. The van der Waals surface area contributed by atoms with Gasteiger partial charge in [-0.1, -0.05) is 25.1 Å². The summed E-state index contributed by atoms with van der Waals surface area (Å²) in [7, 11) is 0. The molecule has 0 N–H and O–H groups in total. The van der Waals surface area contributed by atoms with Gasteiger partial charge in [-0.2, -0.15) is 0 Å². The number of fused-ring (bicyclic) bond motifs is 1. The van der Waals surface area contributed by atoms with Crippen molar-refractivity contribution in [2.24, 2.45) is 17.8 Å². The van der Waals surface area contributed by atoms with E-state index in [2.05, 4.69) is 12.1 Å². The topological polar surface area (TPSA) is 61.8 Å². The monoisotopic (exact) mass is 519 g/mol. The maximum atomic E-state index is 13.2. The van der Waals surface area contributed by atoms with E-state index in [9.17, 15) is 9.59 Å². The number of ether oxygens (including phenoxy) is 3. The van der Waals surface area contributed by atoms with Crippen LogP contribution in [-0.2, 0) is 14.3 Å². The van der Waals surface area contributed by atoms with E-state index in [-0.39, 0.29) is 41.9 Å². The summed E-state index contributed by atoms with van der Waals surface area (Å²) in [5.74, 6) is 0.515. The summed E-state index contributed by atoms with van der Waals surface area (Å²) < 4.78 is 19.8. The third kappa shape index (κ3) is 3.59. The predicted octanol–water partition coefficient (Wildman–Crippen LogP) is 0.711. The Morgan fingerprint density at radius 1 is 1.13 bits per heavy atom. The van der Waals surface area contributed by atoms with Crippen molar-refractivity contribution in [1.29, 1.82) is 0 Å². The Labute approximate surface area is 186 Å². The summed E-state index contributed by atoms with van der Waals surface area (Å²) in [5, 5.41) is 0. The van der Waals surface area contributed by atoms with Crippen LogP contribution in [-0.4, -0.2) is 30.8 Å². The van der Waals surface area contributed by atoms with Crippen LogP contribution in [0.15, 0.2) is 48.5 Å². The molecule has 30 heavy (non-hydrogen) atoms. The van der Waals surface area contributed by atoms with E-state index in [1.807, 2.05) is 43.3 Å². The zero-order valence-corrected chi connectivity index (χ0v) is 18.9. The number of carbonyl (C=O) groups is 2. The third-order valence-corrected chi connectivity index (χ3v) is 8.87. The summed E-state index contributed by atoms with van der Waals surface area (Å²) in [6, 6.07) is 16.2. The molecule has 0 radical (unpaired) electrons. The number of carbonyl (C=O) groups excluding carboxylic acids is 2. The normalized spacial score (nSPS) is 28.4. The molecule has 2 aromatic carbocycles. The molecule has 5 rings (SSSR count). The number of benzene rings is 2. The van der Waals surface area contributed by atoms with E-state index in [1.54, 1.807) is 0 Å². The summed E-state index contributed by atoms with van der Waals surface area (Å²) >= 11 is -0.406. The number of halogens is 1. The molecule has 0 amide bonds.